The monoisotopic (exact) mass is 302 g/mol. The molecule has 0 bridgehead atoms. The van der Waals surface area contributed by atoms with Gasteiger partial charge in [0.05, 0.1) is 0 Å². The molecule has 0 aromatic heterocycles. The highest BCUT2D eigenvalue weighted by molar-refractivity contribution is 6.74. The summed E-state index contributed by atoms with van der Waals surface area (Å²) in [6.07, 6.45) is 0.662. The fourth-order valence-corrected chi connectivity index (χ4v) is 3.21. The Balaban J connectivity index is 2.46. The summed E-state index contributed by atoms with van der Waals surface area (Å²) >= 11 is 0. The molecule has 114 valence electrons. The average Bonchev–Trinajstić information content (AvgIpc) is 2.37. The van der Waals surface area contributed by atoms with Crippen molar-refractivity contribution in [3.05, 3.63) is 42.0 Å². The smallest absolute Gasteiger partial charge is 0.250 e. The standard InChI is InChI=1S/C18H26O2Si/c1-18(2,3)21(4,5)20-16-12-14-8-6-7-9-17(14)15(13-16)10-11-19/h6-9,12-13,19H,10-11H2,1-5H3. The minimum atomic E-state index is -1.84. The molecule has 0 aliphatic carbocycles. The van der Waals surface area contributed by atoms with Gasteiger partial charge in [-0.05, 0) is 53.0 Å². The van der Waals surface area contributed by atoms with E-state index in [0.29, 0.717) is 6.42 Å². The second-order valence-corrected chi connectivity index (χ2v) is 11.9. The quantitative estimate of drug-likeness (QED) is 0.825. The summed E-state index contributed by atoms with van der Waals surface area (Å²) in [4.78, 5) is 0. The zero-order valence-corrected chi connectivity index (χ0v) is 14.7. The molecular weight excluding hydrogens is 276 g/mol. The van der Waals surface area contributed by atoms with Gasteiger partial charge in [0.15, 0.2) is 0 Å². The molecule has 0 fully saturated rings. The Bertz CT molecular complexity index is 627. The third-order valence-electron chi connectivity index (χ3n) is 4.48. The molecule has 2 aromatic carbocycles. The Morgan fingerprint density at radius 3 is 2.38 bits per heavy atom. The van der Waals surface area contributed by atoms with Crippen molar-refractivity contribution in [1.82, 2.24) is 0 Å². The highest BCUT2D eigenvalue weighted by Gasteiger charge is 2.39. The lowest BCUT2D eigenvalue weighted by atomic mass is 10.0. The molecule has 0 atom stereocenters. The lowest BCUT2D eigenvalue weighted by Crippen LogP contribution is -2.43. The van der Waals surface area contributed by atoms with E-state index in [0.717, 1.165) is 11.3 Å². The van der Waals surface area contributed by atoms with Gasteiger partial charge >= 0.3 is 0 Å². The maximum Gasteiger partial charge on any atom is 0.250 e. The molecule has 0 heterocycles. The first kappa shape index (κ1) is 16.1. The van der Waals surface area contributed by atoms with Crippen molar-refractivity contribution in [2.75, 3.05) is 6.61 Å². The van der Waals surface area contributed by atoms with Gasteiger partial charge in [0.25, 0.3) is 0 Å². The molecule has 0 unspecified atom stereocenters. The normalized spacial score (nSPS) is 12.7. The van der Waals surface area contributed by atoms with E-state index in [2.05, 4.69) is 58.1 Å². The van der Waals surface area contributed by atoms with Gasteiger partial charge in [0.1, 0.15) is 5.75 Å². The summed E-state index contributed by atoms with van der Waals surface area (Å²) in [7, 11) is -1.84. The third kappa shape index (κ3) is 3.47. The Morgan fingerprint density at radius 1 is 1.10 bits per heavy atom. The summed E-state index contributed by atoms with van der Waals surface area (Å²) in [5, 5.41) is 11.9. The van der Waals surface area contributed by atoms with E-state index in [4.69, 9.17) is 4.43 Å². The number of benzene rings is 2. The van der Waals surface area contributed by atoms with Crippen molar-refractivity contribution < 1.29 is 9.53 Å². The van der Waals surface area contributed by atoms with Crippen LogP contribution in [0.5, 0.6) is 5.75 Å². The number of rotatable bonds is 4. The summed E-state index contributed by atoms with van der Waals surface area (Å²) in [5.74, 6) is 0.934. The fourth-order valence-electron chi connectivity index (χ4n) is 2.19. The van der Waals surface area contributed by atoms with E-state index in [1.165, 1.54) is 10.8 Å². The van der Waals surface area contributed by atoms with E-state index in [1.807, 2.05) is 12.1 Å². The van der Waals surface area contributed by atoms with Crippen LogP contribution in [0.4, 0.5) is 0 Å². The molecule has 3 heteroatoms. The molecule has 2 aromatic rings. The van der Waals surface area contributed by atoms with Crippen LogP contribution in [0.3, 0.4) is 0 Å². The Hall–Kier alpha value is -1.32. The van der Waals surface area contributed by atoms with Crippen LogP contribution in [0.25, 0.3) is 10.8 Å². The summed E-state index contributed by atoms with van der Waals surface area (Å²) in [5.41, 5.74) is 1.16. The first-order chi connectivity index (χ1) is 9.74. The molecule has 0 amide bonds. The molecule has 1 N–H and O–H groups in total. The van der Waals surface area contributed by atoms with Crippen LogP contribution in [0, 0.1) is 0 Å². The zero-order valence-electron chi connectivity index (χ0n) is 13.7. The number of hydrogen-bond acceptors (Lipinski definition) is 2. The lowest BCUT2D eigenvalue weighted by molar-refractivity contribution is 0.300. The minimum Gasteiger partial charge on any atom is -0.543 e. The number of fused-ring (bicyclic) bond motifs is 1. The fraction of sp³-hybridized carbons (Fsp3) is 0.444. The van der Waals surface area contributed by atoms with Gasteiger partial charge in [-0.25, -0.2) is 0 Å². The minimum absolute atomic E-state index is 0.160. The van der Waals surface area contributed by atoms with Crippen LogP contribution in [0.2, 0.25) is 18.1 Å². The van der Waals surface area contributed by atoms with E-state index >= 15 is 0 Å². The van der Waals surface area contributed by atoms with E-state index in [1.54, 1.807) is 0 Å². The number of aliphatic hydroxyl groups is 1. The first-order valence-electron chi connectivity index (χ1n) is 7.56. The van der Waals surface area contributed by atoms with Crippen LogP contribution < -0.4 is 4.43 Å². The van der Waals surface area contributed by atoms with Gasteiger partial charge < -0.3 is 9.53 Å². The van der Waals surface area contributed by atoms with E-state index in [-0.39, 0.29) is 11.6 Å². The highest BCUT2D eigenvalue weighted by Crippen LogP contribution is 2.38. The Labute approximate surface area is 128 Å². The van der Waals surface area contributed by atoms with Crippen LogP contribution in [-0.4, -0.2) is 20.0 Å². The van der Waals surface area contributed by atoms with E-state index in [9.17, 15) is 5.11 Å². The maximum atomic E-state index is 9.30. The summed E-state index contributed by atoms with van der Waals surface area (Å²) < 4.78 is 6.42. The molecule has 0 aliphatic heterocycles. The third-order valence-corrected chi connectivity index (χ3v) is 8.84. The summed E-state index contributed by atoms with van der Waals surface area (Å²) in [6, 6.07) is 12.5. The van der Waals surface area contributed by atoms with Gasteiger partial charge in [0.2, 0.25) is 8.32 Å². The van der Waals surface area contributed by atoms with Crippen LogP contribution >= 0.6 is 0 Å². The van der Waals surface area contributed by atoms with Crippen LogP contribution in [0.15, 0.2) is 36.4 Å². The van der Waals surface area contributed by atoms with Crippen molar-refractivity contribution in [3.63, 3.8) is 0 Å². The van der Waals surface area contributed by atoms with Gasteiger partial charge in [0, 0.05) is 6.61 Å². The highest BCUT2D eigenvalue weighted by atomic mass is 28.4. The van der Waals surface area contributed by atoms with Gasteiger partial charge in [-0.15, -0.1) is 0 Å². The molecule has 0 aliphatic rings. The predicted molar refractivity (Wildman–Crippen MR) is 92.6 cm³/mol. The second-order valence-electron chi connectivity index (χ2n) is 7.14. The SMILES string of the molecule is CC(C)(C)[Si](C)(C)Oc1cc(CCO)c2ccccc2c1. The molecule has 2 rings (SSSR count). The molecule has 0 radical (unpaired) electrons. The number of aliphatic hydroxyl groups excluding tert-OH is 1. The largest absolute Gasteiger partial charge is 0.543 e. The summed E-state index contributed by atoms with van der Waals surface area (Å²) in [6.45, 7) is 11.4. The van der Waals surface area contributed by atoms with Gasteiger partial charge in [-0.3, -0.25) is 0 Å². The van der Waals surface area contributed by atoms with Crippen molar-refractivity contribution >= 4 is 19.1 Å². The van der Waals surface area contributed by atoms with Gasteiger partial charge in [-0.2, -0.15) is 0 Å². The van der Waals surface area contributed by atoms with Crippen molar-refractivity contribution in [2.45, 2.75) is 45.3 Å². The zero-order chi connectivity index (χ0) is 15.7. The molecular formula is C18H26O2Si. The molecule has 0 saturated heterocycles. The van der Waals surface area contributed by atoms with Crippen molar-refractivity contribution in [3.8, 4) is 5.75 Å². The molecule has 0 spiro atoms. The first-order valence-corrected chi connectivity index (χ1v) is 10.5. The molecule has 21 heavy (non-hydrogen) atoms. The molecule has 0 saturated carbocycles. The molecule has 2 nitrogen and oxygen atoms in total. The van der Waals surface area contributed by atoms with Gasteiger partial charge in [-0.1, -0.05) is 45.0 Å². The van der Waals surface area contributed by atoms with Crippen molar-refractivity contribution in [2.24, 2.45) is 0 Å². The Morgan fingerprint density at radius 2 is 1.76 bits per heavy atom. The topological polar surface area (TPSA) is 29.5 Å². The lowest BCUT2D eigenvalue weighted by Gasteiger charge is -2.36. The maximum absolute atomic E-state index is 9.30. The van der Waals surface area contributed by atoms with Crippen molar-refractivity contribution in [1.29, 1.82) is 0 Å². The van der Waals surface area contributed by atoms with Crippen LogP contribution in [0.1, 0.15) is 26.3 Å². The Kier molecular flexibility index (Phi) is 4.45. The van der Waals surface area contributed by atoms with E-state index < -0.39 is 8.32 Å². The predicted octanol–water partition coefficient (Wildman–Crippen LogP) is 4.76. The average molecular weight is 302 g/mol. The second kappa shape index (κ2) is 5.82. The number of hydrogen-bond donors (Lipinski definition) is 1. The van der Waals surface area contributed by atoms with Crippen LogP contribution in [-0.2, 0) is 6.42 Å².